The zero-order chi connectivity index (χ0) is 38.6. The van der Waals surface area contributed by atoms with Crippen molar-refractivity contribution in [2.45, 2.75) is 199 Å². The van der Waals surface area contributed by atoms with Gasteiger partial charge in [0.15, 0.2) is 0 Å². The summed E-state index contributed by atoms with van der Waals surface area (Å²) in [6.07, 6.45) is 5.56. The highest BCUT2D eigenvalue weighted by Crippen LogP contribution is 2.51. The summed E-state index contributed by atoms with van der Waals surface area (Å²) in [5.41, 5.74) is 3.06. The maximum absolute atomic E-state index is 9.86. The van der Waals surface area contributed by atoms with Gasteiger partial charge in [0, 0.05) is 31.9 Å². The highest BCUT2D eigenvalue weighted by molar-refractivity contribution is 6.31. The summed E-state index contributed by atoms with van der Waals surface area (Å²) in [5, 5.41) is 38.6. The Morgan fingerprint density at radius 2 is 0.612 bits per heavy atom. The van der Waals surface area contributed by atoms with E-state index in [4.69, 9.17) is 24.7 Å². The van der Waals surface area contributed by atoms with Crippen LogP contribution in [-0.2, 0) is 18.9 Å². The van der Waals surface area contributed by atoms with Gasteiger partial charge in [-0.2, -0.15) is 0 Å². The molecule has 0 radical (unpaired) electrons. The standard InChI is InChI=1S/C36H79B4NO8/c1-28(2,37-42)16-20-46-31(7,8)24-36(25-32(9,10)47-21-17-29(3,4)38-43,26-33(11,12)48-22-18-30(5,6)39-44)27-34(13,14)49-23-19-35(15,41)40-45/h37-40,42-45H,16-27,41H2,1-15H3. The first-order valence-electron chi connectivity index (χ1n) is 18.7. The van der Waals surface area contributed by atoms with Gasteiger partial charge in [-0.1, -0.05) is 48.5 Å². The molecule has 0 saturated carbocycles. The van der Waals surface area contributed by atoms with Crippen LogP contribution >= 0.6 is 0 Å². The molecule has 49 heavy (non-hydrogen) atoms. The lowest BCUT2D eigenvalue weighted by molar-refractivity contribution is -0.146. The molecule has 0 heterocycles. The first-order chi connectivity index (χ1) is 21.9. The van der Waals surface area contributed by atoms with Crippen molar-refractivity contribution < 1.29 is 39.0 Å². The Labute approximate surface area is 305 Å². The molecule has 0 aromatic rings. The molecule has 13 heteroatoms. The van der Waals surface area contributed by atoms with Crippen LogP contribution in [0, 0.1) is 5.41 Å². The molecule has 0 aliphatic rings. The van der Waals surface area contributed by atoms with E-state index in [9.17, 15) is 20.1 Å². The lowest BCUT2D eigenvalue weighted by Crippen LogP contribution is -2.49. The van der Waals surface area contributed by atoms with Crippen LogP contribution in [0.15, 0.2) is 0 Å². The van der Waals surface area contributed by atoms with E-state index in [0.29, 0.717) is 58.5 Å². The Morgan fingerprint density at radius 1 is 0.388 bits per heavy atom. The number of ether oxygens (including phenoxy) is 4. The fraction of sp³-hybridized carbons (Fsp3) is 1.00. The third kappa shape index (κ3) is 21.9. The summed E-state index contributed by atoms with van der Waals surface area (Å²) in [7, 11) is 0.182. The second-order valence-corrected chi connectivity index (χ2v) is 20.4. The Bertz CT molecular complexity index is 792. The van der Waals surface area contributed by atoms with Crippen molar-refractivity contribution in [1.29, 1.82) is 0 Å². The molecule has 0 aromatic heterocycles. The molecule has 0 saturated heterocycles. The van der Waals surface area contributed by atoms with Crippen LogP contribution in [0.5, 0.6) is 0 Å². The molecule has 6 N–H and O–H groups in total. The Hall–Kier alpha value is -0.100. The number of rotatable bonds is 28. The fourth-order valence-electron chi connectivity index (χ4n) is 6.88. The fourth-order valence-corrected chi connectivity index (χ4v) is 6.88. The molecule has 0 fully saturated rings. The van der Waals surface area contributed by atoms with E-state index in [1.54, 1.807) is 0 Å². The summed E-state index contributed by atoms with van der Waals surface area (Å²) in [6.45, 7) is 33.3. The zero-order valence-corrected chi connectivity index (χ0v) is 34.8. The van der Waals surface area contributed by atoms with E-state index in [-0.39, 0.29) is 51.3 Å². The van der Waals surface area contributed by atoms with Crippen molar-refractivity contribution in [2.75, 3.05) is 26.4 Å². The van der Waals surface area contributed by atoms with Crippen molar-refractivity contribution in [3.63, 3.8) is 0 Å². The normalized spacial score (nSPS) is 15.6. The van der Waals surface area contributed by atoms with E-state index in [0.717, 1.165) is 19.3 Å². The summed E-state index contributed by atoms with van der Waals surface area (Å²) in [5.74, 6) is 0. The van der Waals surface area contributed by atoms with Gasteiger partial charge < -0.3 is 44.8 Å². The van der Waals surface area contributed by atoms with Gasteiger partial charge >= 0.3 is 0 Å². The van der Waals surface area contributed by atoms with Gasteiger partial charge in [0.1, 0.15) is 0 Å². The average Bonchev–Trinajstić information content (AvgIpc) is 2.90. The molecule has 288 valence electrons. The van der Waals surface area contributed by atoms with E-state index in [2.05, 4.69) is 55.4 Å². The summed E-state index contributed by atoms with van der Waals surface area (Å²) in [6, 6.07) is 0. The number of nitrogens with two attached hydrogens (primary N) is 1. The SMILES string of the molecule is CC(C)(BO)CCOC(C)(C)CC(CC(C)(C)OCCC(C)(C)BO)(CC(C)(C)OCCC(C)(C)BO)CC(C)(C)OCCC(C)(N)BO. The maximum atomic E-state index is 9.86. The van der Waals surface area contributed by atoms with Crippen molar-refractivity contribution in [2.24, 2.45) is 11.1 Å². The molecule has 0 amide bonds. The monoisotopic (exact) mass is 698 g/mol. The second-order valence-electron chi connectivity index (χ2n) is 20.4. The minimum absolute atomic E-state index is 0.0988. The molecule has 0 aliphatic carbocycles. The van der Waals surface area contributed by atoms with Crippen LogP contribution in [-0.4, -0.2) is 104 Å². The van der Waals surface area contributed by atoms with E-state index in [1.165, 1.54) is 0 Å². The minimum atomic E-state index is -0.721. The number of hydrogen-bond donors (Lipinski definition) is 5. The van der Waals surface area contributed by atoms with Gasteiger partial charge in [0.25, 0.3) is 29.9 Å². The van der Waals surface area contributed by atoms with Crippen LogP contribution in [0.4, 0.5) is 0 Å². The highest BCUT2D eigenvalue weighted by Gasteiger charge is 2.48. The molecule has 0 aromatic carbocycles. The van der Waals surface area contributed by atoms with Gasteiger partial charge in [0.05, 0.1) is 22.4 Å². The van der Waals surface area contributed by atoms with Gasteiger partial charge in [-0.05, 0) is 128 Å². The third-order valence-corrected chi connectivity index (χ3v) is 9.83. The van der Waals surface area contributed by atoms with Gasteiger partial charge in [-0.25, -0.2) is 0 Å². The molecule has 1 atom stereocenters. The van der Waals surface area contributed by atoms with Crippen LogP contribution < -0.4 is 5.73 Å². The largest absolute Gasteiger partial charge is 0.453 e. The molecular formula is C36H79B4NO8. The van der Waals surface area contributed by atoms with E-state index < -0.39 is 27.8 Å². The van der Waals surface area contributed by atoms with E-state index in [1.807, 2.05) is 48.5 Å². The summed E-state index contributed by atoms with van der Waals surface area (Å²) in [4.78, 5) is 0. The van der Waals surface area contributed by atoms with E-state index >= 15 is 0 Å². The predicted molar refractivity (Wildman–Crippen MR) is 212 cm³/mol. The van der Waals surface area contributed by atoms with Gasteiger partial charge in [-0.15, -0.1) is 0 Å². The van der Waals surface area contributed by atoms with Crippen molar-refractivity contribution in [3.05, 3.63) is 0 Å². The van der Waals surface area contributed by atoms with Crippen LogP contribution in [0.3, 0.4) is 0 Å². The van der Waals surface area contributed by atoms with Crippen LogP contribution in [0.1, 0.15) is 155 Å². The number of hydrogen-bond acceptors (Lipinski definition) is 9. The van der Waals surface area contributed by atoms with Gasteiger partial charge in [0.2, 0.25) is 0 Å². The summed E-state index contributed by atoms with van der Waals surface area (Å²) < 4.78 is 26.6. The van der Waals surface area contributed by atoms with Crippen molar-refractivity contribution in [3.8, 4) is 0 Å². The van der Waals surface area contributed by atoms with Crippen molar-refractivity contribution >= 4 is 29.9 Å². The first kappa shape index (κ1) is 48.9. The Kier molecular flexibility index (Phi) is 19.3. The molecule has 9 nitrogen and oxygen atoms in total. The predicted octanol–water partition coefficient (Wildman–Crippen LogP) is 4.92. The molecule has 0 bridgehead atoms. The molecule has 0 rings (SSSR count). The van der Waals surface area contributed by atoms with Crippen LogP contribution in [0.2, 0.25) is 15.9 Å². The minimum Gasteiger partial charge on any atom is -0.453 e. The molecular weight excluding hydrogens is 618 g/mol. The molecule has 1 unspecified atom stereocenters. The Morgan fingerprint density at radius 3 is 0.816 bits per heavy atom. The van der Waals surface area contributed by atoms with Crippen molar-refractivity contribution in [1.82, 2.24) is 0 Å². The lowest BCUT2D eigenvalue weighted by Gasteiger charge is -2.50. The topological polar surface area (TPSA) is 144 Å². The van der Waals surface area contributed by atoms with Gasteiger partial charge in [-0.3, -0.25) is 0 Å². The molecule has 0 spiro atoms. The zero-order valence-electron chi connectivity index (χ0n) is 34.8. The Balaban J connectivity index is 6.78. The average molecular weight is 697 g/mol. The maximum Gasteiger partial charge on any atom is 0.290 e. The smallest absolute Gasteiger partial charge is 0.290 e. The quantitative estimate of drug-likeness (QED) is 0.0721. The lowest BCUT2D eigenvalue weighted by atomic mass is 9.62. The van der Waals surface area contributed by atoms with Crippen LogP contribution in [0.25, 0.3) is 0 Å². The second kappa shape index (κ2) is 19.3. The first-order valence-corrected chi connectivity index (χ1v) is 18.7. The summed E-state index contributed by atoms with van der Waals surface area (Å²) >= 11 is 0. The molecule has 0 aliphatic heterocycles. The highest BCUT2D eigenvalue weighted by atomic mass is 16.5. The third-order valence-electron chi connectivity index (χ3n) is 9.83.